The summed E-state index contributed by atoms with van der Waals surface area (Å²) in [7, 11) is -3.61. The van der Waals surface area contributed by atoms with Gasteiger partial charge < -0.3 is 10.0 Å². The van der Waals surface area contributed by atoms with Gasteiger partial charge in [0.05, 0.1) is 10.8 Å². The van der Waals surface area contributed by atoms with Gasteiger partial charge in [0.1, 0.15) is 0 Å². The van der Waals surface area contributed by atoms with Crippen LogP contribution in [0.1, 0.15) is 36.5 Å². The molecule has 1 aliphatic heterocycles. The lowest BCUT2D eigenvalue weighted by Gasteiger charge is -2.35. The van der Waals surface area contributed by atoms with E-state index in [1.807, 2.05) is 6.92 Å². The van der Waals surface area contributed by atoms with Crippen LogP contribution in [0.3, 0.4) is 0 Å². The second-order valence-electron chi connectivity index (χ2n) is 6.89. The van der Waals surface area contributed by atoms with Crippen molar-refractivity contribution in [3.63, 3.8) is 0 Å². The molecule has 2 unspecified atom stereocenters. The molecule has 0 radical (unpaired) electrons. The third kappa shape index (κ3) is 4.01. The van der Waals surface area contributed by atoms with E-state index in [2.05, 4.69) is 4.72 Å². The number of benzene rings is 1. The molecule has 1 amide bonds. The summed E-state index contributed by atoms with van der Waals surface area (Å²) in [6.07, 6.45) is 2.09. The highest BCUT2D eigenvalue weighted by Gasteiger charge is 2.34. The van der Waals surface area contributed by atoms with Crippen LogP contribution in [0, 0.1) is 11.8 Å². The Labute approximate surface area is 147 Å². The number of rotatable bonds is 5. The number of likely N-dealkylation sites (tertiary alicyclic amines) is 1. The fourth-order valence-electron chi connectivity index (χ4n) is 3.16. The molecule has 8 heteroatoms. The van der Waals surface area contributed by atoms with Crippen molar-refractivity contribution in [2.75, 3.05) is 13.1 Å². The van der Waals surface area contributed by atoms with Gasteiger partial charge in [-0.25, -0.2) is 13.1 Å². The number of sulfonamides is 1. The molecule has 25 heavy (non-hydrogen) atoms. The molecule has 1 saturated heterocycles. The van der Waals surface area contributed by atoms with Crippen LogP contribution in [0.15, 0.2) is 29.2 Å². The third-order valence-corrected chi connectivity index (χ3v) is 6.32. The van der Waals surface area contributed by atoms with Crippen LogP contribution in [0.5, 0.6) is 0 Å². The zero-order chi connectivity index (χ0) is 18.2. The maximum Gasteiger partial charge on any atom is 0.306 e. The van der Waals surface area contributed by atoms with E-state index in [1.165, 1.54) is 12.1 Å². The number of hydrogen-bond acceptors (Lipinski definition) is 4. The van der Waals surface area contributed by atoms with E-state index in [4.69, 9.17) is 0 Å². The molecule has 1 heterocycles. The molecule has 136 valence electrons. The van der Waals surface area contributed by atoms with E-state index < -0.39 is 21.9 Å². The fourth-order valence-corrected chi connectivity index (χ4v) is 4.51. The van der Waals surface area contributed by atoms with E-state index in [9.17, 15) is 23.1 Å². The molecule has 0 bridgehead atoms. The molecular weight excluding hydrogens is 344 g/mol. The molecule has 2 fully saturated rings. The third-order valence-electron chi connectivity index (χ3n) is 4.80. The van der Waals surface area contributed by atoms with E-state index >= 15 is 0 Å². The molecule has 7 nitrogen and oxygen atoms in total. The van der Waals surface area contributed by atoms with Crippen molar-refractivity contribution in [1.29, 1.82) is 0 Å². The highest BCUT2D eigenvalue weighted by atomic mass is 32.2. The Morgan fingerprint density at radius 2 is 1.96 bits per heavy atom. The normalized spacial score (nSPS) is 24.1. The lowest BCUT2D eigenvalue weighted by molar-refractivity contribution is -0.145. The van der Waals surface area contributed by atoms with Crippen molar-refractivity contribution in [1.82, 2.24) is 9.62 Å². The lowest BCUT2D eigenvalue weighted by Crippen LogP contribution is -2.45. The second-order valence-corrected chi connectivity index (χ2v) is 8.60. The Morgan fingerprint density at radius 3 is 2.56 bits per heavy atom. The molecule has 0 spiro atoms. The molecule has 2 atom stereocenters. The second kappa shape index (κ2) is 6.76. The van der Waals surface area contributed by atoms with Gasteiger partial charge in [0.2, 0.25) is 10.0 Å². The molecule has 0 aromatic heterocycles. The first kappa shape index (κ1) is 17.9. The van der Waals surface area contributed by atoms with Gasteiger partial charge in [0.15, 0.2) is 0 Å². The van der Waals surface area contributed by atoms with Gasteiger partial charge in [-0.15, -0.1) is 0 Å². The predicted octanol–water partition coefficient (Wildman–Crippen LogP) is 1.31. The Morgan fingerprint density at radius 1 is 1.24 bits per heavy atom. The monoisotopic (exact) mass is 366 g/mol. The summed E-state index contributed by atoms with van der Waals surface area (Å²) in [5.74, 6) is -1.69. The maximum atomic E-state index is 12.7. The Bertz CT molecular complexity index is 788. The minimum absolute atomic E-state index is 0.000235. The summed E-state index contributed by atoms with van der Waals surface area (Å²) in [5, 5.41) is 9.18. The predicted molar refractivity (Wildman–Crippen MR) is 90.6 cm³/mol. The standard InChI is InChI=1S/C17H22N2O5S/c1-11-10-19(8-7-15(11)17(21)22)16(20)12-3-2-4-14(9-12)25(23,24)18-13-5-6-13/h2-4,9,11,13,15,18H,5-8,10H2,1H3,(H,21,22). The minimum Gasteiger partial charge on any atom is -0.481 e. The van der Waals surface area contributed by atoms with Crippen LogP contribution in [0.25, 0.3) is 0 Å². The molecular formula is C17H22N2O5S. The number of hydrogen-bond donors (Lipinski definition) is 2. The van der Waals surface area contributed by atoms with E-state index in [0.29, 0.717) is 25.1 Å². The summed E-state index contributed by atoms with van der Waals surface area (Å²) < 4.78 is 27.2. The van der Waals surface area contributed by atoms with Gasteiger partial charge in [0, 0.05) is 24.7 Å². The van der Waals surface area contributed by atoms with Gasteiger partial charge in [-0.3, -0.25) is 9.59 Å². The van der Waals surface area contributed by atoms with Gasteiger partial charge in [-0.05, 0) is 43.4 Å². The van der Waals surface area contributed by atoms with Crippen LogP contribution >= 0.6 is 0 Å². The molecule has 2 aliphatic rings. The van der Waals surface area contributed by atoms with E-state index in [-0.39, 0.29) is 22.8 Å². The SMILES string of the molecule is CC1CN(C(=O)c2cccc(S(=O)(=O)NC3CC3)c2)CCC1C(=O)O. The molecule has 1 saturated carbocycles. The number of carboxylic acid groups (broad SMARTS) is 1. The molecule has 2 N–H and O–H groups in total. The summed E-state index contributed by atoms with van der Waals surface area (Å²) in [4.78, 5) is 25.6. The number of amides is 1. The average Bonchev–Trinajstić information content (AvgIpc) is 3.37. The quantitative estimate of drug-likeness (QED) is 0.818. The topological polar surface area (TPSA) is 104 Å². The smallest absolute Gasteiger partial charge is 0.306 e. The molecule has 3 rings (SSSR count). The maximum absolute atomic E-state index is 12.7. The van der Waals surface area contributed by atoms with Gasteiger partial charge in [0.25, 0.3) is 5.91 Å². The van der Waals surface area contributed by atoms with E-state index in [0.717, 1.165) is 12.8 Å². The summed E-state index contributed by atoms with van der Waals surface area (Å²) >= 11 is 0. The fraction of sp³-hybridized carbons (Fsp3) is 0.529. The number of nitrogens with one attached hydrogen (secondary N) is 1. The Kier molecular flexibility index (Phi) is 4.83. The van der Waals surface area contributed by atoms with Gasteiger partial charge >= 0.3 is 5.97 Å². The number of nitrogens with zero attached hydrogens (tertiary/aromatic N) is 1. The summed E-state index contributed by atoms with van der Waals surface area (Å²) in [6.45, 7) is 2.53. The number of carboxylic acids is 1. The lowest BCUT2D eigenvalue weighted by atomic mass is 9.87. The highest BCUT2D eigenvalue weighted by Crippen LogP contribution is 2.26. The Hall–Kier alpha value is -1.93. The van der Waals surface area contributed by atoms with Crippen molar-refractivity contribution in [2.45, 2.75) is 37.1 Å². The Balaban J connectivity index is 1.75. The number of carbonyl (C=O) groups excluding carboxylic acids is 1. The van der Waals surface area contributed by atoms with Gasteiger partial charge in [-0.1, -0.05) is 13.0 Å². The molecule has 1 aromatic carbocycles. The number of carbonyl (C=O) groups is 2. The van der Waals surface area contributed by atoms with Crippen molar-refractivity contribution >= 4 is 21.9 Å². The van der Waals surface area contributed by atoms with Gasteiger partial charge in [-0.2, -0.15) is 0 Å². The van der Waals surface area contributed by atoms with Crippen molar-refractivity contribution < 1.29 is 23.1 Å². The zero-order valence-electron chi connectivity index (χ0n) is 14.0. The zero-order valence-corrected chi connectivity index (χ0v) is 14.8. The minimum atomic E-state index is -3.61. The molecule has 1 aromatic rings. The van der Waals surface area contributed by atoms with Crippen molar-refractivity contribution in [2.24, 2.45) is 11.8 Å². The number of piperidine rings is 1. The van der Waals surface area contributed by atoms with Crippen LogP contribution in [-0.4, -0.2) is 49.4 Å². The first-order valence-corrected chi connectivity index (χ1v) is 9.91. The van der Waals surface area contributed by atoms with Crippen molar-refractivity contribution in [3.8, 4) is 0 Å². The first-order chi connectivity index (χ1) is 11.8. The average molecular weight is 366 g/mol. The highest BCUT2D eigenvalue weighted by molar-refractivity contribution is 7.89. The van der Waals surface area contributed by atoms with Crippen molar-refractivity contribution in [3.05, 3.63) is 29.8 Å². The van der Waals surface area contributed by atoms with E-state index in [1.54, 1.807) is 17.0 Å². The first-order valence-electron chi connectivity index (χ1n) is 8.42. The summed E-state index contributed by atoms with van der Waals surface area (Å²) in [6, 6.07) is 6.01. The van der Waals surface area contributed by atoms with Crippen LogP contribution in [0.4, 0.5) is 0 Å². The molecule has 1 aliphatic carbocycles. The summed E-state index contributed by atoms with van der Waals surface area (Å²) in [5.41, 5.74) is 0.305. The largest absolute Gasteiger partial charge is 0.481 e. The van der Waals surface area contributed by atoms with Crippen LogP contribution in [0.2, 0.25) is 0 Å². The number of aliphatic carboxylic acids is 1. The van der Waals surface area contributed by atoms with Crippen LogP contribution < -0.4 is 4.72 Å². The van der Waals surface area contributed by atoms with Crippen LogP contribution in [-0.2, 0) is 14.8 Å².